The van der Waals surface area contributed by atoms with Crippen LogP contribution in [0, 0.1) is 5.82 Å². The van der Waals surface area contributed by atoms with Crippen molar-refractivity contribution in [2.24, 2.45) is 0 Å². The van der Waals surface area contributed by atoms with E-state index in [0.29, 0.717) is 18.8 Å². The molecule has 0 spiro atoms. The van der Waals surface area contributed by atoms with Crippen LogP contribution in [0.15, 0.2) is 48.5 Å². The molecule has 2 aliphatic rings. The van der Waals surface area contributed by atoms with E-state index in [1.165, 1.54) is 6.07 Å². The van der Waals surface area contributed by atoms with E-state index in [-0.39, 0.29) is 17.9 Å². The second-order valence-electron chi connectivity index (χ2n) is 7.50. The van der Waals surface area contributed by atoms with Crippen molar-refractivity contribution in [2.75, 3.05) is 50.8 Å². The number of piperazine rings is 1. The molecule has 4 rings (SSSR count). The summed E-state index contributed by atoms with van der Waals surface area (Å²) in [6.45, 7) is 5.12. The Morgan fingerprint density at radius 2 is 1.83 bits per heavy atom. The van der Waals surface area contributed by atoms with Gasteiger partial charge in [0.05, 0.1) is 11.7 Å². The molecule has 2 aromatic rings. The van der Waals surface area contributed by atoms with Crippen molar-refractivity contribution in [2.45, 2.75) is 12.5 Å². The predicted molar refractivity (Wildman–Crippen MR) is 111 cm³/mol. The summed E-state index contributed by atoms with van der Waals surface area (Å²) in [5.74, 6) is 0.731. The number of nitrogens with zero attached hydrogens (tertiary/aromatic N) is 2. The van der Waals surface area contributed by atoms with Crippen LogP contribution in [-0.4, -0.2) is 62.8 Å². The fraction of sp³-hybridized carbons (Fsp3) is 0.409. The average molecular weight is 398 g/mol. The fourth-order valence-corrected chi connectivity index (χ4v) is 3.91. The van der Waals surface area contributed by atoms with E-state index < -0.39 is 0 Å². The molecule has 0 aromatic heterocycles. The van der Waals surface area contributed by atoms with E-state index in [9.17, 15) is 9.18 Å². The van der Waals surface area contributed by atoms with Gasteiger partial charge in [0.15, 0.2) is 0 Å². The van der Waals surface area contributed by atoms with Crippen LogP contribution < -0.4 is 20.3 Å². The lowest BCUT2D eigenvalue weighted by atomic mass is 10.0. The number of para-hydroxylation sites is 2. The quantitative estimate of drug-likeness (QED) is 0.811. The average Bonchev–Trinajstić information content (AvgIpc) is 2.75. The minimum absolute atomic E-state index is 0.0192. The van der Waals surface area contributed by atoms with E-state index in [0.717, 1.165) is 50.5 Å². The van der Waals surface area contributed by atoms with Crippen molar-refractivity contribution in [3.8, 4) is 5.75 Å². The molecule has 2 N–H and O–H groups in total. The highest BCUT2D eigenvalue weighted by Gasteiger charge is 2.22. The summed E-state index contributed by atoms with van der Waals surface area (Å²) in [5.41, 5.74) is 1.79. The summed E-state index contributed by atoms with van der Waals surface area (Å²) in [7, 11) is 0. The largest absolute Gasteiger partial charge is 0.491 e. The molecule has 0 saturated carbocycles. The summed E-state index contributed by atoms with van der Waals surface area (Å²) >= 11 is 0. The maximum atomic E-state index is 13.9. The molecule has 7 heteroatoms. The molecule has 1 atom stereocenters. The minimum Gasteiger partial charge on any atom is -0.491 e. The van der Waals surface area contributed by atoms with Crippen LogP contribution in [0.4, 0.5) is 14.9 Å². The Kier molecular flexibility index (Phi) is 6.14. The molecule has 0 bridgehead atoms. The topological polar surface area (TPSA) is 56.8 Å². The second-order valence-corrected chi connectivity index (χ2v) is 7.50. The number of urea groups is 1. The summed E-state index contributed by atoms with van der Waals surface area (Å²) in [4.78, 5) is 16.6. The Bertz CT molecular complexity index is 839. The number of benzene rings is 2. The summed E-state index contributed by atoms with van der Waals surface area (Å²) in [6, 6.07) is 14.6. The second kappa shape index (κ2) is 9.13. The first kappa shape index (κ1) is 19.5. The summed E-state index contributed by atoms with van der Waals surface area (Å²) < 4.78 is 19.6. The Morgan fingerprint density at radius 3 is 2.66 bits per heavy atom. The van der Waals surface area contributed by atoms with Gasteiger partial charge in [-0.25, -0.2) is 9.18 Å². The number of amides is 2. The predicted octanol–water partition coefficient (Wildman–Crippen LogP) is 2.25. The highest BCUT2D eigenvalue weighted by molar-refractivity contribution is 5.74. The maximum Gasteiger partial charge on any atom is 0.315 e. The van der Waals surface area contributed by atoms with Crippen molar-refractivity contribution in [1.29, 1.82) is 0 Å². The maximum absolute atomic E-state index is 13.9. The molecular weight excluding hydrogens is 371 g/mol. The highest BCUT2D eigenvalue weighted by Crippen LogP contribution is 2.23. The lowest BCUT2D eigenvalue weighted by molar-refractivity contribution is 0.211. The number of carbonyl (C=O) groups is 1. The highest BCUT2D eigenvalue weighted by atomic mass is 19.1. The molecule has 2 aliphatic heterocycles. The minimum atomic E-state index is -0.173. The summed E-state index contributed by atoms with van der Waals surface area (Å²) in [6.07, 6.45) is 0.779. The van der Waals surface area contributed by atoms with Crippen molar-refractivity contribution in [3.05, 3.63) is 59.9 Å². The fourth-order valence-electron chi connectivity index (χ4n) is 3.91. The number of fused-ring (bicyclic) bond motifs is 1. The first-order valence-corrected chi connectivity index (χ1v) is 10.2. The lowest BCUT2D eigenvalue weighted by Crippen LogP contribution is -2.51. The van der Waals surface area contributed by atoms with Crippen LogP contribution in [0.3, 0.4) is 0 Å². The smallest absolute Gasteiger partial charge is 0.315 e. The van der Waals surface area contributed by atoms with Gasteiger partial charge in [-0.2, -0.15) is 0 Å². The normalized spacial score (nSPS) is 19.2. The standard InChI is InChI=1S/C22H27FN4O2/c23-19-6-2-3-7-20(19)27-13-11-26(12-14-27)10-9-24-22(28)25-18-15-17-5-1-4-8-21(17)29-16-18/h1-8,18H,9-16H2,(H2,24,25,28)/t18-/m0/s1. The van der Waals surface area contributed by atoms with E-state index in [4.69, 9.17) is 4.74 Å². The van der Waals surface area contributed by atoms with Gasteiger partial charge in [0.25, 0.3) is 0 Å². The van der Waals surface area contributed by atoms with Crippen molar-refractivity contribution < 1.29 is 13.9 Å². The Hall–Kier alpha value is -2.80. The van der Waals surface area contributed by atoms with Gasteiger partial charge in [-0.3, -0.25) is 4.90 Å². The molecule has 0 unspecified atom stereocenters. The van der Waals surface area contributed by atoms with Crippen LogP contribution in [0.25, 0.3) is 0 Å². The third-order valence-electron chi connectivity index (χ3n) is 5.49. The van der Waals surface area contributed by atoms with Crippen LogP contribution in [0.1, 0.15) is 5.56 Å². The molecule has 29 heavy (non-hydrogen) atoms. The Balaban J connectivity index is 1.15. The zero-order chi connectivity index (χ0) is 20.1. The number of carbonyl (C=O) groups excluding carboxylic acids is 1. The SMILES string of the molecule is O=C(NCCN1CCN(c2ccccc2F)CC1)N[C@@H]1COc2ccccc2C1. The molecule has 2 amide bonds. The Morgan fingerprint density at radius 1 is 1.07 bits per heavy atom. The molecule has 2 aromatic carbocycles. The van der Waals surface area contributed by atoms with Crippen LogP contribution in [0.2, 0.25) is 0 Å². The van der Waals surface area contributed by atoms with Crippen LogP contribution >= 0.6 is 0 Å². The zero-order valence-electron chi connectivity index (χ0n) is 16.4. The van der Waals surface area contributed by atoms with Gasteiger partial charge in [0, 0.05) is 39.3 Å². The number of halogens is 1. The van der Waals surface area contributed by atoms with Gasteiger partial charge in [0.1, 0.15) is 18.2 Å². The molecular formula is C22H27FN4O2. The number of ether oxygens (including phenoxy) is 1. The molecule has 1 saturated heterocycles. The Labute approximate surface area is 170 Å². The number of hydrogen-bond donors (Lipinski definition) is 2. The van der Waals surface area contributed by atoms with Crippen LogP contribution in [0.5, 0.6) is 5.75 Å². The first-order valence-electron chi connectivity index (χ1n) is 10.2. The number of anilines is 1. The van der Waals surface area contributed by atoms with Gasteiger partial charge >= 0.3 is 6.03 Å². The van der Waals surface area contributed by atoms with E-state index >= 15 is 0 Å². The number of nitrogens with one attached hydrogen (secondary N) is 2. The van der Waals surface area contributed by atoms with E-state index in [1.807, 2.05) is 36.4 Å². The monoisotopic (exact) mass is 398 g/mol. The van der Waals surface area contributed by atoms with E-state index in [2.05, 4.69) is 20.4 Å². The van der Waals surface area contributed by atoms with Gasteiger partial charge in [-0.1, -0.05) is 30.3 Å². The summed E-state index contributed by atoms with van der Waals surface area (Å²) in [5, 5.41) is 5.92. The molecule has 2 heterocycles. The van der Waals surface area contributed by atoms with E-state index in [1.54, 1.807) is 6.07 Å². The van der Waals surface area contributed by atoms with Gasteiger partial charge in [-0.15, -0.1) is 0 Å². The van der Waals surface area contributed by atoms with Gasteiger partial charge < -0.3 is 20.3 Å². The lowest BCUT2D eigenvalue weighted by Gasteiger charge is -2.36. The third-order valence-corrected chi connectivity index (χ3v) is 5.49. The van der Waals surface area contributed by atoms with Crippen LogP contribution in [-0.2, 0) is 6.42 Å². The third kappa shape index (κ3) is 4.98. The molecule has 6 nitrogen and oxygen atoms in total. The first-order chi connectivity index (χ1) is 14.2. The zero-order valence-corrected chi connectivity index (χ0v) is 16.4. The van der Waals surface area contributed by atoms with Crippen molar-refractivity contribution in [1.82, 2.24) is 15.5 Å². The molecule has 0 radical (unpaired) electrons. The number of hydrogen-bond acceptors (Lipinski definition) is 4. The molecule has 1 fully saturated rings. The van der Waals surface area contributed by atoms with Gasteiger partial charge in [-0.05, 0) is 30.2 Å². The number of rotatable bonds is 5. The van der Waals surface area contributed by atoms with Crippen molar-refractivity contribution in [3.63, 3.8) is 0 Å². The van der Waals surface area contributed by atoms with Crippen molar-refractivity contribution >= 4 is 11.7 Å². The van der Waals surface area contributed by atoms with Gasteiger partial charge in [0.2, 0.25) is 0 Å². The molecule has 0 aliphatic carbocycles. The molecule has 154 valence electrons.